The van der Waals surface area contributed by atoms with Crippen LogP contribution in [0.4, 0.5) is 5.69 Å². The molecule has 1 amide bonds. The molecular formula is C17H27N3O. The lowest BCUT2D eigenvalue weighted by molar-refractivity contribution is -0.116. The van der Waals surface area contributed by atoms with E-state index in [9.17, 15) is 4.79 Å². The van der Waals surface area contributed by atoms with Crippen LogP contribution >= 0.6 is 0 Å². The van der Waals surface area contributed by atoms with Crippen molar-refractivity contribution in [2.45, 2.75) is 39.2 Å². The number of anilines is 1. The van der Waals surface area contributed by atoms with Crippen LogP contribution in [0.2, 0.25) is 0 Å². The summed E-state index contributed by atoms with van der Waals surface area (Å²) < 4.78 is 0. The first kappa shape index (κ1) is 16.0. The normalized spacial score (nSPS) is 14.4. The largest absolute Gasteiger partial charge is 0.326 e. The number of nitrogens with one attached hydrogen (secondary N) is 1. The number of carbonyl (C=O) groups is 1. The zero-order valence-electron chi connectivity index (χ0n) is 13.0. The molecule has 4 nitrogen and oxygen atoms in total. The molecule has 1 aliphatic rings. The summed E-state index contributed by atoms with van der Waals surface area (Å²) in [7, 11) is 0. The monoisotopic (exact) mass is 289 g/mol. The maximum Gasteiger partial charge on any atom is 0.225 e. The minimum absolute atomic E-state index is 0.0843. The van der Waals surface area contributed by atoms with E-state index in [4.69, 9.17) is 5.73 Å². The zero-order valence-corrected chi connectivity index (χ0v) is 13.0. The predicted octanol–water partition coefficient (Wildman–Crippen LogP) is 2.60. The number of carbonyl (C=O) groups excluding carboxylic acids is 1. The number of hydrogen-bond donors (Lipinski definition) is 2. The summed E-state index contributed by atoms with van der Waals surface area (Å²) in [5, 5.41) is 2.96. The first-order chi connectivity index (χ1) is 10.2. The molecule has 0 aromatic heterocycles. The molecule has 0 spiro atoms. The quantitative estimate of drug-likeness (QED) is 0.734. The van der Waals surface area contributed by atoms with E-state index < -0.39 is 0 Å². The van der Waals surface area contributed by atoms with Crippen molar-refractivity contribution in [2.24, 2.45) is 11.7 Å². The molecule has 0 heterocycles. The van der Waals surface area contributed by atoms with Crippen molar-refractivity contribution in [1.29, 1.82) is 0 Å². The van der Waals surface area contributed by atoms with Gasteiger partial charge >= 0.3 is 0 Å². The van der Waals surface area contributed by atoms with Crippen LogP contribution in [0.25, 0.3) is 0 Å². The lowest BCUT2D eigenvalue weighted by atomic mass is 10.2. The van der Waals surface area contributed by atoms with Crippen LogP contribution in [0, 0.1) is 5.92 Å². The third-order valence-electron chi connectivity index (χ3n) is 3.85. The molecule has 0 bridgehead atoms. The van der Waals surface area contributed by atoms with Gasteiger partial charge in [-0.25, -0.2) is 0 Å². The fourth-order valence-electron chi connectivity index (χ4n) is 2.54. The maximum absolute atomic E-state index is 12.1. The lowest BCUT2D eigenvalue weighted by Crippen LogP contribution is -2.30. The van der Waals surface area contributed by atoms with E-state index in [2.05, 4.69) is 17.1 Å². The van der Waals surface area contributed by atoms with Gasteiger partial charge in [0.15, 0.2) is 0 Å². The van der Waals surface area contributed by atoms with Gasteiger partial charge in [-0.3, -0.25) is 4.79 Å². The van der Waals surface area contributed by atoms with Crippen LogP contribution in [0.3, 0.4) is 0 Å². The van der Waals surface area contributed by atoms with Crippen molar-refractivity contribution in [3.63, 3.8) is 0 Å². The minimum atomic E-state index is 0.0843. The number of nitrogens with two attached hydrogens (primary N) is 1. The molecule has 0 saturated heterocycles. The minimum Gasteiger partial charge on any atom is -0.326 e. The molecule has 0 aliphatic heterocycles. The van der Waals surface area contributed by atoms with Gasteiger partial charge in [-0.1, -0.05) is 19.1 Å². The van der Waals surface area contributed by atoms with E-state index in [-0.39, 0.29) is 5.91 Å². The molecule has 116 valence electrons. The van der Waals surface area contributed by atoms with Gasteiger partial charge in [0.1, 0.15) is 0 Å². The summed E-state index contributed by atoms with van der Waals surface area (Å²) in [6, 6.07) is 7.74. The van der Waals surface area contributed by atoms with Crippen LogP contribution in [0.15, 0.2) is 24.3 Å². The van der Waals surface area contributed by atoms with Crippen molar-refractivity contribution in [3.05, 3.63) is 29.8 Å². The Balaban J connectivity index is 1.76. The molecule has 1 saturated carbocycles. The average Bonchev–Trinajstić information content (AvgIpc) is 3.29. The molecule has 2 rings (SSSR count). The lowest BCUT2D eigenvalue weighted by Gasteiger charge is -2.21. The Hall–Kier alpha value is -1.39. The summed E-state index contributed by atoms with van der Waals surface area (Å²) in [6.07, 6.45) is 4.42. The van der Waals surface area contributed by atoms with Gasteiger partial charge in [0.25, 0.3) is 0 Å². The summed E-state index contributed by atoms with van der Waals surface area (Å²) in [4.78, 5) is 14.5. The molecule has 4 heteroatoms. The number of rotatable bonds is 9. The highest BCUT2D eigenvalue weighted by Gasteiger charge is 2.24. The maximum atomic E-state index is 12.1. The Morgan fingerprint density at radius 2 is 2.19 bits per heavy atom. The average molecular weight is 289 g/mol. The third kappa shape index (κ3) is 5.86. The van der Waals surface area contributed by atoms with Crippen molar-refractivity contribution >= 4 is 11.6 Å². The third-order valence-corrected chi connectivity index (χ3v) is 3.85. The number of hydrogen-bond acceptors (Lipinski definition) is 3. The Morgan fingerprint density at radius 1 is 1.38 bits per heavy atom. The second-order valence-electron chi connectivity index (χ2n) is 5.95. The molecule has 1 aromatic rings. The van der Waals surface area contributed by atoms with Gasteiger partial charge in [-0.05, 0) is 49.4 Å². The smallest absolute Gasteiger partial charge is 0.225 e. The molecule has 0 radical (unpaired) electrons. The fraction of sp³-hybridized carbons (Fsp3) is 0.588. The molecule has 0 atom stereocenters. The molecule has 0 unspecified atom stereocenters. The van der Waals surface area contributed by atoms with E-state index in [0.29, 0.717) is 13.0 Å². The molecule has 1 aliphatic carbocycles. The summed E-state index contributed by atoms with van der Waals surface area (Å²) in [5.41, 5.74) is 7.49. The van der Waals surface area contributed by atoms with Crippen LogP contribution in [0.5, 0.6) is 0 Å². The van der Waals surface area contributed by atoms with Gasteiger partial charge in [-0.2, -0.15) is 0 Å². The van der Waals surface area contributed by atoms with E-state index in [1.165, 1.54) is 12.8 Å². The highest BCUT2D eigenvalue weighted by molar-refractivity contribution is 5.90. The topological polar surface area (TPSA) is 58.4 Å². The number of amides is 1. The second kappa shape index (κ2) is 8.15. The van der Waals surface area contributed by atoms with E-state index >= 15 is 0 Å². The van der Waals surface area contributed by atoms with E-state index in [0.717, 1.165) is 43.2 Å². The standard InChI is InChI=1S/C17H27N3O/c1-2-9-20(13-14-6-7-14)10-8-17(21)19-16-5-3-4-15(11-16)12-18/h3-5,11,14H,2,6-10,12-13,18H2,1H3,(H,19,21). The number of nitrogens with zero attached hydrogens (tertiary/aromatic N) is 1. The van der Waals surface area contributed by atoms with Crippen molar-refractivity contribution in [1.82, 2.24) is 4.90 Å². The number of benzene rings is 1. The van der Waals surface area contributed by atoms with Crippen LogP contribution in [0.1, 0.15) is 38.2 Å². The molecule has 1 aromatic carbocycles. The van der Waals surface area contributed by atoms with Gasteiger partial charge in [-0.15, -0.1) is 0 Å². The predicted molar refractivity (Wildman–Crippen MR) is 87.0 cm³/mol. The summed E-state index contributed by atoms with van der Waals surface area (Å²) in [6.45, 7) is 5.79. The highest BCUT2D eigenvalue weighted by Crippen LogP contribution is 2.29. The van der Waals surface area contributed by atoms with Gasteiger partial charge in [0.05, 0.1) is 0 Å². The Morgan fingerprint density at radius 3 is 2.86 bits per heavy atom. The Bertz CT molecular complexity index is 457. The van der Waals surface area contributed by atoms with Gasteiger partial charge in [0, 0.05) is 31.7 Å². The second-order valence-corrected chi connectivity index (χ2v) is 5.95. The van der Waals surface area contributed by atoms with Crippen LogP contribution in [-0.2, 0) is 11.3 Å². The SMILES string of the molecule is CCCN(CCC(=O)Nc1cccc(CN)c1)CC1CC1. The Kier molecular flexibility index (Phi) is 6.21. The fourth-order valence-corrected chi connectivity index (χ4v) is 2.54. The Labute approximate surface area is 127 Å². The summed E-state index contributed by atoms with van der Waals surface area (Å²) >= 11 is 0. The first-order valence-corrected chi connectivity index (χ1v) is 8.02. The zero-order chi connectivity index (χ0) is 15.1. The van der Waals surface area contributed by atoms with Gasteiger partial charge < -0.3 is 16.0 Å². The van der Waals surface area contributed by atoms with Gasteiger partial charge in [0.2, 0.25) is 5.91 Å². The highest BCUT2D eigenvalue weighted by atomic mass is 16.1. The molecule has 1 fully saturated rings. The van der Waals surface area contributed by atoms with Crippen LogP contribution in [-0.4, -0.2) is 30.4 Å². The van der Waals surface area contributed by atoms with Crippen molar-refractivity contribution in [2.75, 3.05) is 25.0 Å². The molecule has 3 N–H and O–H groups in total. The van der Waals surface area contributed by atoms with Crippen LogP contribution < -0.4 is 11.1 Å². The molecular weight excluding hydrogens is 262 g/mol. The molecule has 21 heavy (non-hydrogen) atoms. The van der Waals surface area contributed by atoms with Crippen molar-refractivity contribution in [3.8, 4) is 0 Å². The van der Waals surface area contributed by atoms with E-state index in [1.54, 1.807) is 0 Å². The van der Waals surface area contributed by atoms with E-state index in [1.807, 2.05) is 24.3 Å². The summed E-state index contributed by atoms with van der Waals surface area (Å²) in [5.74, 6) is 0.960. The first-order valence-electron chi connectivity index (χ1n) is 8.02. The van der Waals surface area contributed by atoms with Crippen molar-refractivity contribution < 1.29 is 4.79 Å².